The average Bonchev–Trinajstić information content (AvgIpc) is 2.73. The number of carbonyl (C=O) groups excluding carboxylic acids is 1. The van der Waals surface area contributed by atoms with Crippen molar-refractivity contribution in [3.05, 3.63) is 58.6 Å². The van der Waals surface area contributed by atoms with E-state index in [0.717, 1.165) is 28.8 Å². The van der Waals surface area contributed by atoms with Crippen molar-refractivity contribution in [3.8, 4) is 11.5 Å². The first-order valence-electron chi connectivity index (χ1n) is 10.0. The number of fused-ring (bicyclic) bond motifs is 1. The molecule has 2 aliphatic rings. The van der Waals surface area contributed by atoms with Gasteiger partial charge in [0.25, 0.3) is 0 Å². The minimum absolute atomic E-state index is 0.131. The molecule has 0 aromatic heterocycles. The van der Waals surface area contributed by atoms with Gasteiger partial charge in [-0.15, -0.1) is 0 Å². The molecule has 0 spiro atoms. The van der Waals surface area contributed by atoms with Crippen LogP contribution in [0.1, 0.15) is 31.4 Å². The Morgan fingerprint density at radius 2 is 1.76 bits per heavy atom. The second kappa shape index (κ2) is 8.76. The average molecular weight is 460 g/mol. The Morgan fingerprint density at radius 1 is 1.07 bits per heavy atom. The Balaban J connectivity index is 1.48. The predicted molar refractivity (Wildman–Crippen MR) is 114 cm³/mol. The molecule has 2 heterocycles. The van der Waals surface area contributed by atoms with Crippen LogP contribution in [0.5, 0.6) is 11.5 Å². The molecule has 5 nitrogen and oxygen atoms in total. The number of benzene rings is 2. The van der Waals surface area contributed by atoms with Gasteiger partial charge in [-0.05, 0) is 60.7 Å². The zero-order valence-electron chi connectivity index (χ0n) is 16.7. The zero-order chi connectivity index (χ0) is 20.4. The van der Waals surface area contributed by atoms with E-state index >= 15 is 0 Å². The number of esters is 1. The normalized spacial score (nSPS) is 27.1. The summed E-state index contributed by atoms with van der Waals surface area (Å²) in [6.07, 6.45) is 1.58. The van der Waals surface area contributed by atoms with Gasteiger partial charge in [-0.3, -0.25) is 9.69 Å². The molecule has 0 radical (unpaired) electrons. The molecule has 2 aliphatic heterocycles. The van der Waals surface area contributed by atoms with Crippen LogP contribution in [0, 0.1) is 5.92 Å². The molecule has 29 heavy (non-hydrogen) atoms. The van der Waals surface area contributed by atoms with E-state index in [-0.39, 0.29) is 24.2 Å². The van der Waals surface area contributed by atoms with Gasteiger partial charge in [-0.2, -0.15) is 0 Å². The number of halogens is 1. The summed E-state index contributed by atoms with van der Waals surface area (Å²) in [7, 11) is 1.63. The minimum Gasteiger partial charge on any atom is -0.497 e. The third kappa shape index (κ3) is 4.43. The van der Waals surface area contributed by atoms with Crippen LogP contribution in [0.2, 0.25) is 0 Å². The molecular formula is C23H26BrNO4. The first-order chi connectivity index (χ1) is 14.0. The number of hydrogen-bond donors (Lipinski definition) is 0. The van der Waals surface area contributed by atoms with Gasteiger partial charge in [0.1, 0.15) is 30.3 Å². The maximum absolute atomic E-state index is 12.7. The lowest BCUT2D eigenvalue weighted by atomic mass is 9.82. The van der Waals surface area contributed by atoms with Crippen molar-refractivity contribution in [1.29, 1.82) is 0 Å². The predicted octanol–water partition coefficient (Wildman–Crippen LogP) is 4.60. The van der Waals surface area contributed by atoms with Crippen LogP contribution in [-0.2, 0) is 9.53 Å². The summed E-state index contributed by atoms with van der Waals surface area (Å²) < 4.78 is 17.8. The van der Waals surface area contributed by atoms with Gasteiger partial charge in [0.05, 0.1) is 7.11 Å². The first-order valence-corrected chi connectivity index (χ1v) is 10.8. The Bertz CT molecular complexity index is 839. The van der Waals surface area contributed by atoms with E-state index in [1.165, 1.54) is 5.56 Å². The number of morpholine rings is 1. The third-order valence-electron chi connectivity index (χ3n) is 5.87. The van der Waals surface area contributed by atoms with Crippen molar-refractivity contribution in [2.75, 3.05) is 20.3 Å². The number of methoxy groups -OCH3 is 1. The summed E-state index contributed by atoms with van der Waals surface area (Å²) in [5.74, 6) is 1.86. The summed E-state index contributed by atoms with van der Waals surface area (Å²) in [4.78, 5) is 15.1. The van der Waals surface area contributed by atoms with E-state index in [0.29, 0.717) is 19.1 Å². The highest BCUT2D eigenvalue weighted by Crippen LogP contribution is 2.41. The maximum Gasteiger partial charge on any atom is 0.323 e. The van der Waals surface area contributed by atoms with Crippen molar-refractivity contribution in [2.24, 2.45) is 5.92 Å². The largest absolute Gasteiger partial charge is 0.497 e. The quantitative estimate of drug-likeness (QED) is 0.611. The Morgan fingerprint density at radius 3 is 2.45 bits per heavy atom. The van der Waals surface area contributed by atoms with Crippen LogP contribution in [0.3, 0.4) is 0 Å². The molecular weight excluding hydrogens is 434 g/mol. The van der Waals surface area contributed by atoms with Crippen LogP contribution >= 0.6 is 15.9 Å². The van der Waals surface area contributed by atoms with Gasteiger partial charge in [0.2, 0.25) is 0 Å². The van der Waals surface area contributed by atoms with Gasteiger partial charge < -0.3 is 14.2 Å². The Kier molecular flexibility index (Phi) is 6.11. The lowest BCUT2D eigenvalue weighted by Gasteiger charge is -2.48. The van der Waals surface area contributed by atoms with E-state index in [4.69, 9.17) is 14.2 Å². The van der Waals surface area contributed by atoms with Crippen molar-refractivity contribution >= 4 is 21.9 Å². The monoisotopic (exact) mass is 459 g/mol. The number of ether oxygens (including phenoxy) is 3. The highest BCUT2D eigenvalue weighted by Gasteiger charge is 2.45. The van der Waals surface area contributed by atoms with Gasteiger partial charge >= 0.3 is 5.97 Å². The van der Waals surface area contributed by atoms with Gasteiger partial charge in [-0.25, -0.2) is 0 Å². The van der Waals surface area contributed by atoms with Crippen molar-refractivity contribution in [2.45, 2.75) is 38.0 Å². The van der Waals surface area contributed by atoms with Crippen LogP contribution < -0.4 is 9.47 Å². The van der Waals surface area contributed by atoms with Crippen molar-refractivity contribution < 1.29 is 19.0 Å². The molecule has 0 bridgehead atoms. The first kappa shape index (κ1) is 20.2. The van der Waals surface area contributed by atoms with E-state index in [9.17, 15) is 4.79 Å². The van der Waals surface area contributed by atoms with Crippen LogP contribution in [0.25, 0.3) is 0 Å². The van der Waals surface area contributed by atoms with Crippen LogP contribution in [-0.4, -0.2) is 43.3 Å². The molecule has 0 unspecified atom stereocenters. The van der Waals surface area contributed by atoms with Gasteiger partial charge in [-0.1, -0.05) is 35.0 Å². The number of nitrogens with zero attached hydrogens (tertiary/aromatic N) is 1. The second-order valence-electron chi connectivity index (χ2n) is 7.81. The molecule has 0 aliphatic carbocycles. The zero-order valence-corrected chi connectivity index (χ0v) is 18.3. The van der Waals surface area contributed by atoms with Gasteiger partial charge in [0.15, 0.2) is 0 Å². The standard InChI is InChI=1S/C23H26BrNO4/c1-15-3-12-21-23(26)29-20(14-28-19-10-8-18(27-2)9-11-19)13-25(21)22(15)16-4-6-17(24)7-5-16/h4-11,15,20-22H,3,12-14H2,1-2H3/t15-,20-,21+,22+/m1/s1. The molecule has 6 heteroatoms. The molecule has 2 fully saturated rings. The lowest BCUT2D eigenvalue weighted by Crippen LogP contribution is -2.58. The van der Waals surface area contributed by atoms with Gasteiger partial charge in [0, 0.05) is 17.1 Å². The number of carbonyl (C=O) groups is 1. The SMILES string of the molecule is COc1ccc(OC[C@H]2CN3[C@H](c4ccc(Br)cc4)[C@H](C)CC[C@H]3C(=O)O2)cc1. The fourth-order valence-electron chi connectivity index (χ4n) is 4.40. The summed E-state index contributed by atoms with van der Waals surface area (Å²) >= 11 is 3.51. The smallest absolute Gasteiger partial charge is 0.323 e. The summed E-state index contributed by atoms with van der Waals surface area (Å²) in [6.45, 7) is 3.28. The fraction of sp³-hybridized carbons (Fsp3) is 0.435. The summed E-state index contributed by atoms with van der Waals surface area (Å²) in [5.41, 5.74) is 1.25. The van der Waals surface area contributed by atoms with E-state index < -0.39 is 0 Å². The number of hydrogen-bond acceptors (Lipinski definition) is 5. The molecule has 4 rings (SSSR count). The highest BCUT2D eigenvalue weighted by atomic mass is 79.9. The van der Waals surface area contributed by atoms with E-state index in [1.54, 1.807) is 7.11 Å². The van der Waals surface area contributed by atoms with E-state index in [1.807, 2.05) is 24.3 Å². The highest BCUT2D eigenvalue weighted by molar-refractivity contribution is 9.10. The van der Waals surface area contributed by atoms with Crippen molar-refractivity contribution in [3.63, 3.8) is 0 Å². The number of cyclic esters (lactones) is 1. The number of rotatable bonds is 5. The third-order valence-corrected chi connectivity index (χ3v) is 6.40. The van der Waals surface area contributed by atoms with Crippen LogP contribution in [0.4, 0.5) is 0 Å². The second-order valence-corrected chi connectivity index (χ2v) is 8.72. The fourth-order valence-corrected chi connectivity index (χ4v) is 4.67. The Labute approximate surface area is 180 Å². The van der Waals surface area contributed by atoms with E-state index in [2.05, 4.69) is 52.0 Å². The summed E-state index contributed by atoms with van der Waals surface area (Å²) in [6, 6.07) is 15.9. The molecule has 2 saturated heterocycles. The molecule has 0 N–H and O–H groups in total. The van der Waals surface area contributed by atoms with Crippen molar-refractivity contribution in [1.82, 2.24) is 4.90 Å². The number of piperidine rings is 1. The Hall–Kier alpha value is -2.05. The molecule has 0 saturated carbocycles. The maximum atomic E-state index is 12.7. The molecule has 154 valence electrons. The van der Waals surface area contributed by atoms with Crippen LogP contribution in [0.15, 0.2) is 53.0 Å². The topological polar surface area (TPSA) is 48.0 Å². The minimum atomic E-state index is -0.288. The molecule has 2 aromatic rings. The summed E-state index contributed by atoms with van der Waals surface area (Å²) in [5, 5.41) is 0. The lowest BCUT2D eigenvalue weighted by molar-refractivity contribution is -0.176. The molecule has 4 atom stereocenters. The molecule has 2 aromatic carbocycles. The molecule has 0 amide bonds.